The molecule has 1 aromatic rings. The predicted octanol–water partition coefficient (Wildman–Crippen LogP) is 3.02. The minimum Gasteiger partial charge on any atom is -0.493 e. The average molecular weight is 486 g/mol. The number of urea groups is 1. The van der Waals surface area contributed by atoms with E-state index in [2.05, 4.69) is 11.0 Å². The van der Waals surface area contributed by atoms with Gasteiger partial charge >= 0.3 is 6.03 Å². The van der Waals surface area contributed by atoms with Gasteiger partial charge in [0.05, 0.1) is 39.2 Å². The van der Waals surface area contributed by atoms with Crippen LogP contribution in [0.3, 0.4) is 0 Å². The van der Waals surface area contributed by atoms with E-state index in [0.717, 1.165) is 38.1 Å². The molecule has 190 valence electrons. The third-order valence-electron chi connectivity index (χ3n) is 6.84. The van der Waals surface area contributed by atoms with Gasteiger partial charge in [-0.3, -0.25) is 0 Å². The molecule has 0 radical (unpaired) electrons. The molecule has 0 aromatic heterocycles. The number of nitriles is 1. The number of nitrogens with zero attached hydrogens (tertiary/aromatic N) is 5. The number of hydrogen-bond donors (Lipinski definition) is 0. The molecule has 3 fully saturated rings. The van der Waals surface area contributed by atoms with E-state index in [1.165, 1.54) is 0 Å². The molecule has 3 aliphatic rings. The lowest BCUT2D eigenvalue weighted by Crippen LogP contribution is -2.49. The molecular weight excluding hydrogens is 450 g/mol. The number of amidine groups is 1. The summed E-state index contributed by atoms with van der Waals surface area (Å²) in [5, 5.41) is 10.0. The third kappa shape index (κ3) is 5.56. The van der Waals surface area contributed by atoms with Gasteiger partial charge in [0.2, 0.25) is 5.75 Å². The Morgan fingerprint density at radius 3 is 2.31 bits per heavy atom. The number of carbonyl (C=O) groups is 1. The fourth-order valence-electron chi connectivity index (χ4n) is 4.54. The van der Waals surface area contributed by atoms with E-state index in [4.69, 9.17) is 23.9 Å². The van der Waals surface area contributed by atoms with E-state index in [-0.39, 0.29) is 12.1 Å². The highest BCUT2D eigenvalue weighted by molar-refractivity contribution is 5.85. The molecule has 10 heteroatoms. The lowest BCUT2D eigenvalue weighted by atomic mass is 9.96. The van der Waals surface area contributed by atoms with E-state index in [0.29, 0.717) is 74.4 Å². The van der Waals surface area contributed by atoms with Crippen LogP contribution in [0.15, 0.2) is 11.1 Å². The summed E-state index contributed by atoms with van der Waals surface area (Å²) < 4.78 is 22.6. The molecule has 0 spiro atoms. The van der Waals surface area contributed by atoms with E-state index < -0.39 is 0 Å². The van der Waals surface area contributed by atoms with Gasteiger partial charge in [-0.05, 0) is 32.6 Å². The van der Waals surface area contributed by atoms with Crippen molar-refractivity contribution in [1.82, 2.24) is 14.7 Å². The highest BCUT2D eigenvalue weighted by Crippen LogP contribution is 2.46. The van der Waals surface area contributed by atoms with Crippen molar-refractivity contribution in [3.63, 3.8) is 0 Å². The van der Waals surface area contributed by atoms with Crippen molar-refractivity contribution in [2.75, 3.05) is 66.7 Å². The number of carbonyl (C=O) groups excluding carboxylic acids is 1. The molecule has 0 unspecified atom stereocenters. The van der Waals surface area contributed by atoms with Crippen molar-refractivity contribution in [2.45, 2.75) is 38.7 Å². The molecule has 1 aliphatic carbocycles. The van der Waals surface area contributed by atoms with Crippen molar-refractivity contribution >= 4 is 17.6 Å². The Kier molecular flexibility index (Phi) is 8.18. The van der Waals surface area contributed by atoms with Gasteiger partial charge in [-0.15, -0.1) is 0 Å². The zero-order chi connectivity index (χ0) is 24.8. The summed E-state index contributed by atoms with van der Waals surface area (Å²) in [5.74, 6) is 2.07. The monoisotopic (exact) mass is 485 g/mol. The first-order valence-corrected chi connectivity index (χ1v) is 12.3. The van der Waals surface area contributed by atoms with Crippen LogP contribution in [-0.2, 0) is 4.74 Å². The largest absolute Gasteiger partial charge is 0.493 e. The summed E-state index contributed by atoms with van der Waals surface area (Å²) in [6.45, 7) is 7.18. The van der Waals surface area contributed by atoms with E-state index in [1.807, 2.05) is 16.7 Å². The number of benzene rings is 1. The zero-order valence-corrected chi connectivity index (χ0v) is 20.9. The van der Waals surface area contributed by atoms with Crippen molar-refractivity contribution < 1.29 is 23.7 Å². The Labute approximate surface area is 207 Å². The van der Waals surface area contributed by atoms with Gasteiger partial charge in [0.1, 0.15) is 17.5 Å². The summed E-state index contributed by atoms with van der Waals surface area (Å²) in [5.41, 5.74) is 0.829. The van der Waals surface area contributed by atoms with Gasteiger partial charge in [0, 0.05) is 45.3 Å². The molecule has 2 aliphatic heterocycles. The number of amides is 2. The van der Waals surface area contributed by atoms with Crippen LogP contribution in [0.1, 0.15) is 38.2 Å². The molecule has 2 amide bonds. The second-order valence-corrected chi connectivity index (χ2v) is 8.99. The van der Waals surface area contributed by atoms with Crippen LogP contribution in [0.4, 0.5) is 10.5 Å². The normalized spacial score (nSPS) is 19.5. The van der Waals surface area contributed by atoms with Gasteiger partial charge < -0.3 is 33.6 Å². The summed E-state index contributed by atoms with van der Waals surface area (Å²) in [6, 6.07) is 4.07. The molecule has 2 heterocycles. The van der Waals surface area contributed by atoms with Crippen LogP contribution in [-0.4, -0.2) is 99.4 Å². The quantitative estimate of drug-likeness (QED) is 0.467. The lowest BCUT2D eigenvalue weighted by Gasteiger charge is -2.32. The highest BCUT2D eigenvalue weighted by atomic mass is 16.5. The lowest BCUT2D eigenvalue weighted by molar-refractivity contribution is 0.0437. The van der Waals surface area contributed by atoms with Gasteiger partial charge in [-0.1, -0.05) is 0 Å². The first-order valence-electron chi connectivity index (χ1n) is 12.3. The standard InChI is InChI=1S/C25H35N5O5/c1-18(28-8-5-9-29(11-10-28)25(31)30-12-14-34-15-13-30)27-21-16-22(32-2)24(33-3)23(20(21)17-26)35-19-6-4-7-19/h16,19H,4-15H2,1-3H3. The van der Waals surface area contributed by atoms with Crippen LogP contribution in [0, 0.1) is 11.3 Å². The second kappa shape index (κ2) is 11.5. The number of methoxy groups -OCH3 is 2. The Hall–Kier alpha value is -3.19. The fraction of sp³-hybridized carbons (Fsp3) is 0.640. The number of rotatable bonds is 5. The highest BCUT2D eigenvalue weighted by Gasteiger charge is 2.28. The minimum atomic E-state index is 0.0709. The van der Waals surface area contributed by atoms with Gasteiger partial charge in [-0.25, -0.2) is 9.79 Å². The van der Waals surface area contributed by atoms with Crippen LogP contribution in [0.2, 0.25) is 0 Å². The molecule has 35 heavy (non-hydrogen) atoms. The summed E-state index contributed by atoms with van der Waals surface area (Å²) in [6.07, 6.45) is 3.94. The number of ether oxygens (including phenoxy) is 4. The first-order chi connectivity index (χ1) is 17.0. The Bertz CT molecular complexity index is 981. The Morgan fingerprint density at radius 1 is 1.00 bits per heavy atom. The summed E-state index contributed by atoms with van der Waals surface area (Å²) in [7, 11) is 3.11. The molecule has 4 rings (SSSR count). The topological polar surface area (TPSA) is 99.9 Å². The minimum absolute atomic E-state index is 0.0709. The molecule has 0 N–H and O–H groups in total. The van der Waals surface area contributed by atoms with E-state index >= 15 is 0 Å². The number of morpholine rings is 1. The second-order valence-electron chi connectivity index (χ2n) is 8.99. The zero-order valence-electron chi connectivity index (χ0n) is 20.9. The summed E-state index contributed by atoms with van der Waals surface area (Å²) in [4.78, 5) is 23.7. The average Bonchev–Trinajstić information content (AvgIpc) is 3.12. The van der Waals surface area contributed by atoms with Crippen molar-refractivity contribution in [1.29, 1.82) is 5.26 Å². The molecule has 0 bridgehead atoms. The van der Waals surface area contributed by atoms with E-state index in [9.17, 15) is 10.1 Å². The van der Waals surface area contributed by atoms with Crippen LogP contribution < -0.4 is 14.2 Å². The molecule has 0 atom stereocenters. The van der Waals surface area contributed by atoms with Crippen molar-refractivity contribution in [3.8, 4) is 23.3 Å². The number of hydrogen-bond acceptors (Lipinski definition) is 7. The van der Waals surface area contributed by atoms with Crippen LogP contribution >= 0.6 is 0 Å². The number of aliphatic imine (C=N–C) groups is 1. The molecule has 1 aromatic carbocycles. The molecule has 1 saturated carbocycles. The van der Waals surface area contributed by atoms with Gasteiger partial charge in [0.15, 0.2) is 11.5 Å². The maximum absolute atomic E-state index is 12.9. The Morgan fingerprint density at radius 2 is 1.69 bits per heavy atom. The van der Waals surface area contributed by atoms with Crippen LogP contribution in [0.25, 0.3) is 0 Å². The molecular formula is C25H35N5O5. The fourth-order valence-corrected chi connectivity index (χ4v) is 4.54. The van der Waals surface area contributed by atoms with E-state index in [1.54, 1.807) is 20.3 Å². The molecule has 2 saturated heterocycles. The van der Waals surface area contributed by atoms with Gasteiger partial charge in [0.25, 0.3) is 0 Å². The Balaban J connectivity index is 1.54. The summed E-state index contributed by atoms with van der Waals surface area (Å²) >= 11 is 0. The molecule has 10 nitrogen and oxygen atoms in total. The van der Waals surface area contributed by atoms with Crippen LogP contribution in [0.5, 0.6) is 17.2 Å². The smallest absolute Gasteiger partial charge is 0.320 e. The first kappa shape index (κ1) is 24.9. The SMILES string of the molecule is COc1cc(N=C(C)N2CCCN(C(=O)N3CCOCC3)CC2)c(C#N)c(OC2CCC2)c1OC. The third-order valence-corrected chi connectivity index (χ3v) is 6.84. The maximum atomic E-state index is 12.9. The van der Waals surface area contributed by atoms with Crippen molar-refractivity contribution in [3.05, 3.63) is 11.6 Å². The van der Waals surface area contributed by atoms with Crippen molar-refractivity contribution in [2.24, 2.45) is 4.99 Å². The predicted molar refractivity (Wildman–Crippen MR) is 131 cm³/mol. The van der Waals surface area contributed by atoms with Gasteiger partial charge in [-0.2, -0.15) is 5.26 Å². The maximum Gasteiger partial charge on any atom is 0.320 e.